The average Bonchev–Trinajstić information content (AvgIpc) is 2.41. The summed E-state index contributed by atoms with van der Waals surface area (Å²) in [6, 6.07) is 3.87. The van der Waals surface area contributed by atoms with Crippen LogP contribution in [0, 0.1) is 11.7 Å². The molecule has 0 aliphatic carbocycles. The van der Waals surface area contributed by atoms with Gasteiger partial charge in [-0.15, -0.1) is 0 Å². The summed E-state index contributed by atoms with van der Waals surface area (Å²) in [5.41, 5.74) is 6.30. The van der Waals surface area contributed by atoms with Crippen molar-refractivity contribution in [3.05, 3.63) is 29.6 Å². The van der Waals surface area contributed by atoms with Gasteiger partial charge in [-0.05, 0) is 42.5 Å². The Morgan fingerprint density at radius 2 is 2.05 bits per heavy atom. The SMILES string of the molecule is CC1CCN(S(=O)(=O)Nc2ccc(F)cc2CN)CC1. The zero-order valence-electron chi connectivity index (χ0n) is 11.5. The molecule has 0 unspecified atom stereocenters. The monoisotopic (exact) mass is 301 g/mol. The number of benzene rings is 1. The summed E-state index contributed by atoms with van der Waals surface area (Å²) in [6.07, 6.45) is 1.71. The standard InChI is InChI=1S/C13H20FN3O2S/c1-10-4-6-17(7-5-10)20(18,19)16-13-3-2-12(14)8-11(13)9-15/h2-3,8,10,16H,4-7,9,15H2,1H3. The van der Waals surface area contributed by atoms with E-state index in [1.807, 2.05) is 0 Å². The van der Waals surface area contributed by atoms with E-state index in [-0.39, 0.29) is 6.54 Å². The molecule has 2 rings (SSSR count). The molecule has 1 aliphatic rings. The average molecular weight is 301 g/mol. The van der Waals surface area contributed by atoms with E-state index in [0.717, 1.165) is 12.8 Å². The lowest BCUT2D eigenvalue weighted by atomic mass is 10.0. The molecule has 3 N–H and O–H groups in total. The van der Waals surface area contributed by atoms with E-state index in [1.54, 1.807) is 0 Å². The van der Waals surface area contributed by atoms with Gasteiger partial charge in [0.2, 0.25) is 0 Å². The van der Waals surface area contributed by atoms with Crippen molar-refractivity contribution in [3.63, 3.8) is 0 Å². The molecule has 5 nitrogen and oxygen atoms in total. The Balaban J connectivity index is 2.16. The predicted molar refractivity (Wildman–Crippen MR) is 76.8 cm³/mol. The van der Waals surface area contributed by atoms with E-state index < -0.39 is 16.0 Å². The van der Waals surface area contributed by atoms with Crippen LogP contribution in [-0.4, -0.2) is 25.8 Å². The van der Waals surface area contributed by atoms with Crippen molar-refractivity contribution < 1.29 is 12.8 Å². The van der Waals surface area contributed by atoms with Gasteiger partial charge in [-0.2, -0.15) is 12.7 Å². The number of piperidine rings is 1. The van der Waals surface area contributed by atoms with Gasteiger partial charge < -0.3 is 5.73 Å². The van der Waals surface area contributed by atoms with Crippen LogP contribution in [0.1, 0.15) is 25.3 Å². The molecule has 1 fully saturated rings. The number of hydrogen-bond acceptors (Lipinski definition) is 3. The molecule has 0 amide bonds. The molecule has 7 heteroatoms. The second-order valence-electron chi connectivity index (χ2n) is 5.19. The molecular formula is C13H20FN3O2S. The molecule has 0 spiro atoms. The lowest BCUT2D eigenvalue weighted by molar-refractivity contribution is 0.289. The van der Waals surface area contributed by atoms with Gasteiger partial charge in [0, 0.05) is 19.6 Å². The molecule has 20 heavy (non-hydrogen) atoms. The Kier molecular flexibility index (Phi) is 4.62. The van der Waals surface area contributed by atoms with Crippen molar-refractivity contribution in [2.75, 3.05) is 17.8 Å². The van der Waals surface area contributed by atoms with Gasteiger partial charge in [-0.1, -0.05) is 6.92 Å². The van der Waals surface area contributed by atoms with Crippen LogP contribution in [0.4, 0.5) is 10.1 Å². The third kappa shape index (κ3) is 3.47. The maximum absolute atomic E-state index is 13.1. The molecule has 1 heterocycles. The van der Waals surface area contributed by atoms with Gasteiger partial charge in [0.15, 0.2) is 0 Å². The summed E-state index contributed by atoms with van der Waals surface area (Å²) >= 11 is 0. The molecule has 112 valence electrons. The van der Waals surface area contributed by atoms with Crippen LogP contribution in [0.2, 0.25) is 0 Å². The van der Waals surface area contributed by atoms with Gasteiger partial charge in [0.25, 0.3) is 0 Å². The number of nitrogens with zero attached hydrogens (tertiary/aromatic N) is 1. The van der Waals surface area contributed by atoms with E-state index in [4.69, 9.17) is 5.73 Å². The van der Waals surface area contributed by atoms with E-state index in [0.29, 0.717) is 30.3 Å². The van der Waals surface area contributed by atoms with E-state index >= 15 is 0 Å². The normalized spacial score (nSPS) is 18.1. The molecule has 0 bridgehead atoms. The smallest absolute Gasteiger partial charge is 0.301 e. The van der Waals surface area contributed by atoms with Gasteiger partial charge >= 0.3 is 10.2 Å². The molecule has 0 radical (unpaired) electrons. The summed E-state index contributed by atoms with van der Waals surface area (Å²) in [5, 5.41) is 0. The molecule has 1 aromatic rings. The Bertz CT molecular complexity index is 569. The highest BCUT2D eigenvalue weighted by Gasteiger charge is 2.26. The first-order valence-electron chi connectivity index (χ1n) is 6.69. The summed E-state index contributed by atoms with van der Waals surface area (Å²) < 4.78 is 41.6. The van der Waals surface area contributed by atoms with Gasteiger partial charge in [0.05, 0.1) is 5.69 Å². The van der Waals surface area contributed by atoms with Crippen molar-refractivity contribution in [2.24, 2.45) is 11.7 Å². The van der Waals surface area contributed by atoms with E-state index in [2.05, 4.69) is 11.6 Å². The van der Waals surface area contributed by atoms with Crippen LogP contribution in [0.5, 0.6) is 0 Å². The zero-order valence-corrected chi connectivity index (χ0v) is 12.3. The largest absolute Gasteiger partial charge is 0.326 e. The summed E-state index contributed by atoms with van der Waals surface area (Å²) in [7, 11) is -3.60. The van der Waals surface area contributed by atoms with Crippen molar-refractivity contribution in [2.45, 2.75) is 26.3 Å². The Morgan fingerprint density at radius 3 is 2.65 bits per heavy atom. The van der Waals surface area contributed by atoms with Gasteiger partial charge in [-0.25, -0.2) is 4.39 Å². The Morgan fingerprint density at radius 1 is 1.40 bits per heavy atom. The molecule has 1 saturated heterocycles. The predicted octanol–water partition coefficient (Wildman–Crippen LogP) is 1.67. The first-order chi connectivity index (χ1) is 9.42. The minimum Gasteiger partial charge on any atom is -0.326 e. The fourth-order valence-electron chi connectivity index (χ4n) is 2.26. The van der Waals surface area contributed by atoms with Crippen LogP contribution in [0.25, 0.3) is 0 Å². The zero-order chi connectivity index (χ0) is 14.8. The Labute approximate surface area is 119 Å². The molecule has 0 saturated carbocycles. The molecule has 1 aromatic carbocycles. The van der Waals surface area contributed by atoms with Gasteiger partial charge in [-0.3, -0.25) is 4.72 Å². The molecular weight excluding hydrogens is 281 g/mol. The first-order valence-corrected chi connectivity index (χ1v) is 8.13. The van der Waals surface area contributed by atoms with Crippen LogP contribution >= 0.6 is 0 Å². The number of anilines is 1. The topological polar surface area (TPSA) is 75.4 Å². The van der Waals surface area contributed by atoms with E-state index in [9.17, 15) is 12.8 Å². The van der Waals surface area contributed by atoms with Crippen molar-refractivity contribution in [1.82, 2.24) is 4.31 Å². The second-order valence-corrected chi connectivity index (χ2v) is 6.86. The Hall–Kier alpha value is -1.18. The fraction of sp³-hybridized carbons (Fsp3) is 0.538. The molecule has 0 aromatic heterocycles. The van der Waals surface area contributed by atoms with Crippen molar-refractivity contribution in [1.29, 1.82) is 0 Å². The number of nitrogens with two attached hydrogens (primary N) is 1. The molecule has 0 atom stereocenters. The number of nitrogens with one attached hydrogen (secondary N) is 1. The first kappa shape index (κ1) is 15.2. The second kappa shape index (κ2) is 6.07. The summed E-state index contributed by atoms with van der Waals surface area (Å²) in [4.78, 5) is 0. The maximum atomic E-state index is 13.1. The lowest BCUT2D eigenvalue weighted by Gasteiger charge is -2.29. The minimum absolute atomic E-state index is 0.0760. The quantitative estimate of drug-likeness (QED) is 0.888. The highest BCUT2D eigenvalue weighted by molar-refractivity contribution is 7.90. The summed E-state index contributed by atoms with van der Waals surface area (Å²) in [5.74, 6) is 0.118. The van der Waals surface area contributed by atoms with Crippen LogP contribution in [0.3, 0.4) is 0 Å². The number of hydrogen-bond donors (Lipinski definition) is 2. The molecule has 1 aliphatic heterocycles. The minimum atomic E-state index is -3.60. The third-order valence-corrected chi connectivity index (χ3v) is 5.13. The van der Waals surface area contributed by atoms with E-state index in [1.165, 1.54) is 22.5 Å². The third-order valence-electron chi connectivity index (χ3n) is 3.61. The fourth-order valence-corrected chi connectivity index (χ4v) is 3.56. The van der Waals surface area contributed by atoms with Crippen LogP contribution < -0.4 is 10.5 Å². The van der Waals surface area contributed by atoms with Crippen molar-refractivity contribution >= 4 is 15.9 Å². The van der Waals surface area contributed by atoms with Gasteiger partial charge in [0.1, 0.15) is 5.82 Å². The van der Waals surface area contributed by atoms with Crippen molar-refractivity contribution in [3.8, 4) is 0 Å². The number of halogens is 1. The van der Waals surface area contributed by atoms with Crippen LogP contribution in [-0.2, 0) is 16.8 Å². The lowest BCUT2D eigenvalue weighted by Crippen LogP contribution is -2.41. The highest BCUT2D eigenvalue weighted by atomic mass is 32.2. The maximum Gasteiger partial charge on any atom is 0.301 e. The number of rotatable bonds is 4. The van der Waals surface area contributed by atoms with Crippen LogP contribution in [0.15, 0.2) is 18.2 Å². The highest BCUT2D eigenvalue weighted by Crippen LogP contribution is 2.22. The summed E-state index contributed by atoms with van der Waals surface area (Å²) in [6.45, 7) is 3.21.